The molecule has 0 saturated heterocycles. The molecule has 5 aromatic rings. The molecule has 168 valence electrons. The number of ether oxygens (including phenoxy) is 1. The van der Waals surface area contributed by atoms with E-state index < -0.39 is 0 Å². The molecule has 0 bridgehead atoms. The Morgan fingerprint density at radius 3 is 2.15 bits per heavy atom. The van der Waals surface area contributed by atoms with Crippen molar-refractivity contribution >= 4 is 44.4 Å². The monoisotopic (exact) mass is 484 g/mol. The number of amides is 1. The summed E-state index contributed by atoms with van der Waals surface area (Å²) >= 11 is 2.71. The van der Waals surface area contributed by atoms with Gasteiger partial charge in [0.05, 0.1) is 34.5 Å². The summed E-state index contributed by atoms with van der Waals surface area (Å²) in [7, 11) is 1.63. The Kier molecular flexibility index (Phi) is 6.51. The molecule has 0 atom stereocenters. The fourth-order valence-corrected chi connectivity index (χ4v) is 4.94. The first kappa shape index (κ1) is 22.1. The van der Waals surface area contributed by atoms with Gasteiger partial charge in [0.2, 0.25) is 5.91 Å². The Bertz CT molecular complexity index is 1380. The number of thioether (sulfide) groups is 1. The summed E-state index contributed by atoms with van der Waals surface area (Å²) in [5.74, 6) is 0.770. The number of fused-ring (bicyclic) bond motifs is 1. The molecule has 6 nitrogen and oxygen atoms in total. The minimum absolute atomic E-state index is 0.161. The average molecular weight is 485 g/mol. The largest absolute Gasteiger partial charge is 0.497 e. The number of methoxy groups -OCH3 is 1. The molecular formula is C26H20N4O2S2. The van der Waals surface area contributed by atoms with Crippen molar-refractivity contribution < 1.29 is 9.53 Å². The van der Waals surface area contributed by atoms with Gasteiger partial charge < -0.3 is 10.1 Å². The van der Waals surface area contributed by atoms with Crippen molar-refractivity contribution in [2.75, 3.05) is 18.2 Å². The molecular weight excluding hydrogens is 464 g/mol. The first-order chi connectivity index (χ1) is 16.7. The van der Waals surface area contributed by atoms with Crippen molar-refractivity contribution in [3.05, 3.63) is 84.9 Å². The second-order valence-corrected chi connectivity index (χ2v) is 9.32. The van der Waals surface area contributed by atoms with E-state index in [-0.39, 0.29) is 11.7 Å². The van der Waals surface area contributed by atoms with Crippen LogP contribution in [0, 0.1) is 0 Å². The second kappa shape index (κ2) is 10.0. The first-order valence-corrected chi connectivity index (χ1v) is 12.4. The zero-order chi connectivity index (χ0) is 23.3. The van der Waals surface area contributed by atoms with Gasteiger partial charge in [-0.1, -0.05) is 83.8 Å². The van der Waals surface area contributed by atoms with Crippen LogP contribution in [0.25, 0.3) is 32.7 Å². The maximum Gasteiger partial charge on any atom is 0.236 e. The predicted molar refractivity (Wildman–Crippen MR) is 138 cm³/mol. The van der Waals surface area contributed by atoms with Crippen LogP contribution >= 0.6 is 23.1 Å². The number of carbonyl (C=O) groups excluding carboxylic acids is 1. The molecule has 0 aliphatic rings. The van der Waals surface area contributed by atoms with Crippen LogP contribution in [0.3, 0.4) is 0 Å². The van der Waals surface area contributed by atoms with Crippen molar-refractivity contribution in [3.63, 3.8) is 0 Å². The molecule has 8 heteroatoms. The van der Waals surface area contributed by atoms with Gasteiger partial charge in [-0.15, -0.1) is 0 Å². The normalized spacial score (nSPS) is 10.9. The standard InChI is InChI=1S/C26H20N4O2S2/c1-32-19-12-13-20-23(14-19)34-26(27-20)30-24(31)16-33-25-28-21(17-8-4-2-5-9-17)15-22(29-25)18-10-6-3-7-11-18/h2-15H,16H2,1H3,(H,27,30,31). The lowest BCUT2D eigenvalue weighted by Crippen LogP contribution is -2.14. The SMILES string of the molecule is COc1ccc2nc(NC(=O)CSc3nc(-c4ccccc4)cc(-c4ccccc4)n3)sc2c1. The average Bonchev–Trinajstić information content (AvgIpc) is 3.29. The number of thiazole rings is 1. The molecule has 0 fully saturated rings. The third-order valence-corrected chi connectivity index (χ3v) is 6.80. The van der Waals surface area contributed by atoms with Crippen LogP contribution in [0.15, 0.2) is 90.1 Å². The number of hydrogen-bond donors (Lipinski definition) is 1. The molecule has 5 rings (SSSR count). The van der Waals surface area contributed by atoms with Gasteiger partial charge in [0.15, 0.2) is 10.3 Å². The summed E-state index contributed by atoms with van der Waals surface area (Å²) in [6, 6.07) is 27.5. The zero-order valence-electron chi connectivity index (χ0n) is 18.3. The Hall–Kier alpha value is -3.75. The molecule has 1 amide bonds. The molecule has 2 heterocycles. The molecule has 0 spiro atoms. The van der Waals surface area contributed by atoms with E-state index in [9.17, 15) is 4.79 Å². The number of rotatable bonds is 7. The van der Waals surface area contributed by atoms with E-state index in [1.807, 2.05) is 84.9 Å². The highest BCUT2D eigenvalue weighted by Crippen LogP contribution is 2.30. The summed E-state index contributed by atoms with van der Waals surface area (Å²) < 4.78 is 6.21. The van der Waals surface area contributed by atoms with E-state index in [1.54, 1.807) is 7.11 Å². The number of aromatic nitrogens is 3. The lowest BCUT2D eigenvalue weighted by Gasteiger charge is -2.08. The van der Waals surface area contributed by atoms with Crippen molar-refractivity contribution in [2.24, 2.45) is 0 Å². The topological polar surface area (TPSA) is 77.0 Å². The van der Waals surface area contributed by atoms with Crippen molar-refractivity contribution in [1.29, 1.82) is 0 Å². The predicted octanol–water partition coefficient (Wildman–Crippen LogP) is 6.16. The number of carbonyl (C=O) groups is 1. The van der Waals surface area contributed by atoms with Gasteiger partial charge in [-0.25, -0.2) is 15.0 Å². The summed E-state index contributed by atoms with van der Waals surface area (Å²) in [5, 5.41) is 3.98. The smallest absolute Gasteiger partial charge is 0.236 e. The maximum absolute atomic E-state index is 12.6. The lowest BCUT2D eigenvalue weighted by molar-refractivity contribution is -0.113. The number of nitrogens with zero attached hydrogens (tertiary/aromatic N) is 3. The Labute approximate surface area is 205 Å². The number of anilines is 1. The molecule has 0 saturated carbocycles. The fraction of sp³-hybridized carbons (Fsp3) is 0.0769. The molecule has 1 N–H and O–H groups in total. The molecule has 34 heavy (non-hydrogen) atoms. The van der Waals surface area contributed by atoms with Crippen LogP contribution in [0.1, 0.15) is 0 Å². The van der Waals surface area contributed by atoms with Crippen molar-refractivity contribution in [3.8, 4) is 28.3 Å². The van der Waals surface area contributed by atoms with Gasteiger partial charge in [0.1, 0.15) is 5.75 Å². The van der Waals surface area contributed by atoms with E-state index in [1.165, 1.54) is 23.1 Å². The van der Waals surface area contributed by atoms with Crippen LogP contribution in [0.5, 0.6) is 5.75 Å². The third kappa shape index (κ3) is 5.08. The Balaban J connectivity index is 1.34. The van der Waals surface area contributed by atoms with Crippen LogP contribution in [0.2, 0.25) is 0 Å². The van der Waals surface area contributed by atoms with E-state index in [2.05, 4.69) is 10.3 Å². The number of nitrogens with one attached hydrogen (secondary N) is 1. The summed E-state index contributed by atoms with van der Waals surface area (Å²) in [4.78, 5) is 26.5. The quantitative estimate of drug-likeness (QED) is 0.220. The Morgan fingerprint density at radius 1 is 0.882 bits per heavy atom. The third-order valence-electron chi connectivity index (χ3n) is 5.02. The van der Waals surface area contributed by atoms with Crippen molar-refractivity contribution in [2.45, 2.75) is 5.16 Å². The van der Waals surface area contributed by atoms with Gasteiger partial charge in [0.25, 0.3) is 0 Å². The van der Waals surface area contributed by atoms with Gasteiger partial charge >= 0.3 is 0 Å². The lowest BCUT2D eigenvalue weighted by atomic mass is 10.1. The van der Waals surface area contributed by atoms with Gasteiger partial charge in [0, 0.05) is 11.1 Å². The summed E-state index contributed by atoms with van der Waals surface area (Å²) in [5.41, 5.74) is 4.45. The first-order valence-electron chi connectivity index (χ1n) is 10.5. The van der Waals surface area contributed by atoms with Crippen LogP contribution < -0.4 is 10.1 Å². The molecule has 0 aliphatic carbocycles. The summed E-state index contributed by atoms with van der Waals surface area (Å²) in [6.45, 7) is 0. The van der Waals surface area contributed by atoms with E-state index in [4.69, 9.17) is 14.7 Å². The van der Waals surface area contributed by atoms with Crippen LogP contribution in [0.4, 0.5) is 5.13 Å². The van der Waals surface area contributed by atoms with Crippen molar-refractivity contribution in [1.82, 2.24) is 15.0 Å². The fourth-order valence-electron chi connectivity index (χ4n) is 3.37. The van der Waals surface area contributed by atoms with E-state index in [0.29, 0.717) is 10.3 Å². The molecule has 3 aromatic carbocycles. The van der Waals surface area contributed by atoms with Gasteiger partial charge in [-0.05, 0) is 24.3 Å². The molecule has 0 radical (unpaired) electrons. The highest BCUT2D eigenvalue weighted by atomic mass is 32.2. The van der Waals surface area contributed by atoms with Crippen LogP contribution in [-0.4, -0.2) is 33.7 Å². The molecule has 0 aliphatic heterocycles. The maximum atomic E-state index is 12.6. The second-order valence-electron chi connectivity index (χ2n) is 7.34. The van der Waals surface area contributed by atoms with E-state index in [0.717, 1.165) is 38.5 Å². The highest BCUT2D eigenvalue weighted by Gasteiger charge is 2.13. The Morgan fingerprint density at radius 2 is 1.53 bits per heavy atom. The molecule has 2 aromatic heterocycles. The minimum atomic E-state index is -0.161. The van der Waals surface area contributed by atoms with Gasteiger partial charge in [-0.2, -0.15) is 0 Å². The number of benzene rings is 3. The minimum Gasteiger partial charge on any atom is -0.497 e. The molecule has 0 unspecified atom stereocenters. The van der Waals surface area contributed by atoms with Crippen LogP contribution in [-0.2, 0) is 4.79 Å². The van der Waals surface area contributed by atoms with E-state index >= 15 is 0 Å². The zero-order valence-corrected chi connectivity index (χ0v) is 19.9. The van der Waals surface area contributed by atoms with Gasteiger partial charge in [-0.3, -0.25) is 4.79 Å². The highest BCUT2D eigenvalue weighted by molar-refractivity contribution is 7.99. The number of hydrogen-bond acceptors (Lipinski definition) is 7. The summed E-state index contributed by atoms with van der Waals surface area (Å²) in [6.07, 6.45) is 0.